The molecule has 0 spiro atoms. The standard InChI is InChI=1S/C14H17Cl2NO2/c1-8-3-4-10(5-8)17-14(18)9-6-11(15)13(19-2)12(16)7-9/h6-8,10H,3-5H2,1-2H3,(H,17,18). The summed E-state index contributed by atoms with van der Waals surface area (Å²) in [7, 11) is 1.49. The second kappa shape index (κ2) is 6.02. The first-order valence-corrected chi connectivity index (χ1v) is 7.10. The van der Waals surface area contributed by atoms with E-state index >= 15 is 0 Å². The van der Waals surface area contributed by atoms with Crippen LogP contribution in [0.4, 0.5) is 0 Å². The summed E-state index contributed by atoms with van der Waals surface area (Å²) >= 11 is 12.1. The molecule has 2 rings (SSSR count). The van der Waals surface area contributed by atoms with Gasteiger partial charge in [-0.2, -0.15) is 0 Å². The van der Waals surface area contributed by atoms with Crippen LogP contribution in [-0.4, -0.2) is 19.1 Å². The first-order valence-electron chi connectivity index (χ1n) is 6.35. The smallest absolute Gasteiger partial charge is 0.251 e. The topological polar surface area (TPSA) is 38.3 Å². The minimum atomic E-state index is -0.134. The van der Waals surface area contributed by atoms with Gasteiger partial charge in [-0.1, -0.05) is 30.1 Å². The maximum atomic E-state index is 12.1. The molecule has 0 aliphatic heterocycles. The molecular formula is C14H17Cl2NO2. The third-order valence-electron chi connectivity index (χ3n) is 3.49. The number of amides is 1. The molecule has 19 heavy (non-hydrogen) atoms. The van der Waals surface area contributed by atoms with Crippen LogP contribution >= 0.6 is 23.2 Å². The van der Waals surface area contributed by atoms with Crippen molar-refractivity contribution in [1.82, 2.24) is 5.32 Å². The molecule has 2 unspecified atom stereocenters. The Morgan fingerprint density at radius 2 is 1.95 bits per heavy atom. The molecule has 1 aliphatic rings. The lowest BCUT2D eigenvalue weighted by Crippen LogP contribution is -2.32. The summed E-state index contributed by atoms with van der Waals surface area (Å²) < 4.78 is 5.06. The molecule has 3 nitrogen and oxygen atoms in total. The maximum absolute atomic E-state index is 12.1. The lowest BCUT2D eigenvalue weighted by molar-refractivity contribution is 0.0937. The highest BCUT2D eigenvalue weighted by Crippen LogP contribution is 2.34. The summed E-state index contributed by atoms with van der Waals surface area (Å²) in [5.41, 5.74) is 0.468. The molecule has 0 heterocycles. The third-order valence-corrected chi connectivity index (χ3v) is 4.06. The SMILES string of the molecule is COc1c(Cl)cc(C(=O)NC2CCC(C)C2)cc1Cl. The van der Waals surface area contributed by atoms with E-state index in [4.69, 9.17) is 27.9 Å². The number of carbonyl (C=O) groups excluding carboxylic acids is 1. The van der Waals surface area contributed by atoms with E-state index in [2.05, 4.69) is 12.2 Å². The molecule has 0 bridgehead atoms. The van der Waals surface area contributed by atoms with Crippen molar-refractivity contribution in [1.29, 1.82) is 0 Å². The summed E-state index contributed by atoms with van der Waals surface area (Å²) in [5.74, 6) is 0.938. The minimum absolute atomic E-state index is 0.134. The molecule has 1 aliphatic carbocycles. The van der Waals surface area contributed by atoms with Crippen molar-refractivity contribution >= 4 is 29.1 Å². The van der Waals surface area contributed by atoms with Gasteiger partial charge in [0.2, 0.25) is 0 Å². The molecule has 0 saturated heterocycles. The largest absolute Gasteiger partial charge is 0.494 e. The van der Waals surface area contributed by atoms with Gasteiger partial charge in [0, 0.05) is 11.6 Å². The van der Waals surface area contributed by atoms with Crippen molar-refractivity contribution in [3.05, 3.63) is 27.7 Å². The van der Waals surface area contributed by atoms with Crippen molar-refractivity contribution in [3.8, 4) is 5.75 Å². The van der Waals surface area contributed by atoms with Crippen LogP contribution < -0.4 is 10.1 Å². The van der Waals surface area contributed by atoms with Gasteiger partial charge in [0.15, 0.2) is 5.75 Å². The Bertz CT molecular complexity index is 467. The Balaban J connectivity index is 2.11. The Morgan fingerprint density at radius 3 is 2.42 bits per heavy atom. The molecule has 2 atom stereocenters. The molecule has 5 heteroatoms. The zero-order chi connectivity index (χ0) is 14.0. The Labute approximate surface area is 123 Å². The van der Waals surface area contributed by atoms with Crippen LogP contribution in [0.15, 0.2) is 12.1 Å². The average molecular weight is 302 g/mol. The van der Waals surface area contributed by atoms with E-state index in [1.165, 1.54) is 7.11 Å². The van der Waals surface area contributed by atoms with E-state index in [-0.39, 0.29) is 11.9 Å². The molecule has 1 aromatic rings. The zero-order valence-corrected chi connectivity index (χ0v) is 12.5. The lowest BCUT2D eigenvalue weighted by Gasteiger charge is -2.14. The summed E-state index contributed by atoms with van der Waals surface area (Å²) in [4.78, 5) is 12.1. The summed E-state index contributed by atoms with van der Waals surface area (Å²) in [5, 5.41) is 3.71. The lowest BCUT2D eigenvalue weighted by atomic mass is 10.1. The number of methoxy groups -OCH3 is 1. The van der Waals surface area contributed by atoms with Gasteiger partial charge in [-0.3, -0.25) is 4.79 Å². The average Bonchev–Trinajstić information content (AvgIpc) is 2.74. The highest BCUT2D eigenvalue weighted by molar-refractivity contribution is 6.37. The van der Waals surface area contributed by atoms with Crippen molar-refractivity contribution in [3.63, 3.8) is 0 Å². The molecule has 0 aromatic heterocycles. The third kappa shape index (κ3) is 3.34. The van der Waals surface area contributed by atoms with Crippen LogP contribution in [0, 0.1) is 5.92 Å². The normalized spacial score (nSPS) is 22.3. The number of ether oxygens (including phenoxy) is 1. The number of rotatable bonds is 3. The minimum Gasteiger partial charge on any atom is -0.494 e. The first kappa shape index (κ1) is 14.5. The number of hydrogen-bond acceptors (Lipinski definition) is 2. The Kier molecular flexibility index (Phi) is 4.58. The van der Waals surface area contributed by atoms with Crippen LogP contribution in [0.3, 0.4) is 0 Å². The van der Waals surface area contributed by atoms with Gasteiger partial charge in [0.05, 0.1) is 17.2 Å². The summed E-state index contributed by atoms with van der Waals surface area (Å²) in [6, 6.07) is 3.42. The molecule has 1 N–H and O–H groups in total. The highest BCUT2D eigenvalue weighted by atomic mass is 35.5. The molecular weight excluding hydrogens is 285 g/mol. The van der Waals surface area contributed by atoms with E-state index in [9.17, 15) is 4.79 Å². The van der Waals surface area contributed by atoms with Crippen molar-refractivity contribution in [2.24, 2.45) is 5.92 Å². The fraction of sp³-hybridized carbons (Fsp3) is 0.500. The van der Waals surface area contributed by atoms with E-state index in [0.717, 1.165) is 19.3 Å². The number of halogens is 2. The van der Waals surface area contributed by atoms with Crippen molar-refractivity contribution in [2.45, 2.75) is 32.2 Å². The van der Waals surface area contributed by atoms with Crippen LogP contribution in [0.1, 0.15) is 36.5 Å². The summed E-state index contributed by atoms with van der Waals surface area (Å²) in [6.45, 7) is 2.20. The Hall–Kier alpha value is -0.930. The predicted molar refractivity (Wildman–Crippen MR) is 77.3 cm³/mol. The fourth-order valence-electron chi connectivity index (χ4n) is 2.49. The number of carbonyl (C=O) groups is 1. The van der Waals surface area contributed by atoms with E-state index in [0.29, 0.717) is 27.3 Å². The maximum Gasteiger partial charge on any atom is 0.251 e. The van der Waals surface area contributed by atoms with Gasteiger partial charge in [-0.05, 0) is 37.3 Å². The summed E-state index contributed by atoms with van der Waals surface area (Å²) in [6.07, 6.45) is 3.23. The predicted octanol–water partition coefficient (Wildman–Crippen LogP) is 3.92. The number of nitrogens with one attached hydrogen (secondary N) is 1. The van der Waals surface area contributed by atoms with E-state index in [1.54, 1.807) is 12.1 Å². The van der Waals surface area contributed by atoms with Crippen LogP contribution in [0.25, 0.3) is 0 Å². The molecule has 0 radical (unpaired) electrons. The van der Waals surface area contributed by atoms with Gasteiger partial charge in [-0.25, -0.2) is 0 Å². The molecule has 1 aromatic carbocycles. The van der Waals surface area contributed by atoms with Gasteiger partial charge in [0.25, 0.3) is 5.91 Å². The van der Waals surface area contributed by atoms with Crippen LogP contribution in [-0.2, 0) is 0 Å². The second-order valence-corrected chi connectivity index (χ2v) is 5.88. The quantitative estimate of drug-likeness (QED) is 0.919. The molecule has 104 valence electrons. The number of benzene rings is 1. The second-order valence-electron chi connectivity index (χ2n) is 5.06. The molecule has 1 amide bonds. The van der Waals surface area contributed by atoms with Crippen LogP contribution in [0.5, 0.6) is 5.75 Å². The van der Waals surface area contributed by atoms with Crippen molar-refractivity contribution < 1.29 is 9.53 Å². The van der Waals surface area contributed by atoms with Gasteiger partial charge in [0.1, 0.15) is 0 Å². The molecule has 1 saturated carbocycles. The van der Waals surface area contributed by atoms with E-state index in [1.807, 2.05) is 0 Å². The highest BCUT2D eigenvalue weighted by Gasteiger charge is 2.23. The monoisotopic (exact) mass is 301 g/mol. The van der Waals surface area contributed by atoms with Gasteiger partial charge < -0.3 is 10.1 Å². The zero-order valence-electron chi connectivity index (χ0n) is 11.0. The fourth-order valence-corrected chi connectivity index (χ4v) is 3.13. The van der Waals surface area contributed by atoms with Gasteiger partial charge in [-0.15, -0.1) is 0 Å². The molecule has 1 fully saturated rings. The van der Waals surface area contributed by atoms with E-state index < -0.39 is 0 Å². The van der Waals surface area contributed by atoms with Crippen molar-refractivity contribution in [2.75, 3.05) is 7.11 Å². The van der Waals surface area contributed by atoms with Gasteiger partial charge >= 0.3 is 0 Å². The number of hydrogen-bond donors (Lipinski definition) is 1. The first-order chi connectivity index (χ1) is 9.01. The Morgan fingerprint density at radius 1 is 1.32 bits per heavy atom. The van der Waals surface area contributed by atoms with Crippen LogP contribution in [0.2, 0.25) is 10.0 Å².